The predicted octanol–water partition coefficient (Wildman–Crippen LogP) is 1.89. The summed E-state index contributed by atoms with van der Waals surface area (Å²) in [6, 6.07) is 5.82. The van der Waals surface area contributed by atoms with Crippen LogP contribution in [-0.2, 0) is 6.42 Å². The number of fused-ring (bicyclic) bond motifs is 1. The number of hydrogen-bond acceptors (Lipinski definition) is 3. The van der Waals surface area contributed by atoms with E-state index in [2.05, 4.69) is 9.97 Å². The van der Waals surface area contributed by atoms with Gasteiger partial charge < -0.3 is 14.8 Å². The maximum Gasteiger partial charge on any atom is 0.121 e. The maximum absolute atomic E-state index is 8.75. The van der Waals surface area contributed by atoms with Gasteiger partial charge in [0, 0.05) is 19.1 Å². The third kappa shape index (κ3) is 2.33. The molecule has 0 fully saturated rings. The highest BCUT2D eigenvalue weighted by Gasteiger charge is 2.03. The number of aliphatic hydroxyl groups is 1. The molecule has 4 heteroatoms. The second kappa shape index (κ2) is 4.99. The van der Waals surface area contributed by atoms with Gasteiger partial charge in [-0.3, -0.25) is 0 Å². The monoisotopic (exact) mass is 220 g/mol. The lowest BCUT2D eigenvalue weighted by Crippen LogP contribution is -1.91. The van der Waals surface area contributed by atoms with Crippen molar-refractivity contribution in [3.05, 3.63) is 24.0 Å². The van der Waals surface area contributed by atoms with Gasteiger partial charge in [-0.25, -0.2) is 4.98 Å². The SMILES string of the molecule is CCOc1ccc2nc(CCCO)[nH]c2c1. The normalized spacial score (nSPS) is 10.9. The summed E-state index contributed by atoms with van der Waals surface area (Å²) in [5, 5.41) is 8.75. The molecule has 0 amide bonds. The van der Waals surface area contributed by atoms with Crippen LogP contribution in [0.25, 0.3) is 11.0 Å². The fourth-order valence-corrected chi connectivity index (χ4v) is 1.66. The van der Waals surface area contributed by atoms with Gasteiger partial charge in [0.1, 0.15) is 11.6 Å². The van der Waals surface area contributed by atoms with Crippen molar-refractivity contribution in [1.82, 2.24) is 9.97 Å². The average Bonchev–Trinajstić information content (AvgIpc) is 2.68. The molecule has 0 bridgehead atoms. The van der Waals surface area contributed by atoms with Gasteiger partial charge in [-0.1, -0.05) is 0 Å². The summed E-state index contributed by atoms with van der Waals surface area (Å²) in [6.45, 7) is 2.82. The summed E-state index contributed by atoms with van der Waals surface area (Å²) in [5.74, 6) is 1.77. The van der Waals surface area contributed by atoms with Crippen molar-refractivity contribution in [3.63, 3.8) is 0 Å². The number of nitrogens with one attached hydrogen (secondary N) is 1. The van der Waals surface area contributed by atoms with E-state index in [-0.39, 0.29) is 6.61 Å². The Morgan fingerprint density at radius 3 is 3.06 bits per heavy atom. The highest BCUT2D eigenvalue weighted by Crippen LogP contribution is 2.19. The topological polar surface area (TPSA) is 58.1 Å². The average molecular weight is 220 g/mol. The minimum Gasteiger partial charge on any atom is -0.494 e. The van der Waals surface area contributed by atoms with Gasteiger partial charge in [0.2, 0.25) is 0 Å². The van der Waals surface area contributed by atoms with Crippen molar-refractivity contribution >= 4 is 11.0 Å². The molecule has 4 nitrogen and oxygen atoms in total. The van der Waals surface area contributed by atoms with Crippen molar-refractivity contribution < 1.29 is 9.84 Å². The van der Waals surface area contributed by atoms with Crippen LogP contribution in [0.2, 0.25) is 0 Å². The zero-order chi connectivity index (χ0) is 11.4. The molecule has 1 heterocycles. The second-order valence-electron chi connectivity index (χ2n) is 3.62. The largest absolute Gasteiger partial charge is 0.494 e. The minimum atomic E-state index is 0.196. The van der Waals surface area contributed by atoms with Crippen LogP contribution >= 0.6 is 0 Å². The van der Waals surface area contributed by atoms with Crippen LogP contribution in [-0.4, -0.2) is 28.3 Å². The maximum atomic E-state index is 8.75. The number of aromatic amines is 1. The molecule has 0 atom stereocenters. The summed E-state index contributed by atoms with van der Waals surface area (Å²) in [5.41, 5.74) is 1.93. The molecule has 0 radical (unpaired) electrons. The number of ether oxygens (including phenoxy) is 1. The first-order valence-electron chi connectivity index (χ1n) is 5.55. The predicted molar refractivity (Wildman–Crippen MR) is 62.7 cm³/mol. The third-order valence-corrected chi connectivity index (χ3v) is 2.39. The Kier molecular flexibility index (Phi) is 3.41. The van der Waals surface area contributed by atoms with Gasteiger partial charge in [0.05, 0.1) is 17.6 Å². The van der Waals surface area contributed by atoms with Crippen LogP contribution in [0.3, 0.4) is 0 Å². The zero-order valence-corrected chi connectivity index (χ0v) is 9.36. The first kappa shape index (κ1) is 11.0. The van der Waals surface area contributed by atoms with Crippen molar-refractivity contribution in [1.29, 1.82) is 0 Å². The fraction of sp³-hybridized carbons (Fsp3) is 0.417. The number of rotatable bonds is 5. The van der Waals surface area contributed by atoms with E-state index in [0.29, 0.717) is 6.61 Å². The minimum absolute atomic E-state index is 0.196. The molecule has 1 aromatic carbocycles. The van der Waals surface area contributed by atoms with E-state index in [1.165, 1.54) is 0 Å². The molecule has 0 aliphatic rings. The van der Waals surface area contributed by atoms with Crippen molar-refractivity contribution in [2.75, 3.05) is 13.2 Å². The van der Waals surface area contributed by atoms with Crippen LogP contribution in [0.15, 0.2) is 18.2 Å². The number of aromatic nitrogens is 2. The first-order chi connectivity index (χ1) is 7.83. The van der Waals surface area contributed by atoms with Gasteiger partial charge in [-0.2, -0.15) is 0 Å². The van der Waals surface area contributed by atoms with E-state index >= 15 is 0 Å². The van der Waals surface area contributed by atoms with Gasteiger partial charge in [0.15, 0.2) is 0 Å². The molecule has 0 saturated heterocycles. The van der Waals surface area contributed by atoms with Gasteiger partial charge in [0.25, 0.3) is 0 Å². The Morgan fingerprint density at radius 2 is 2.31 bits per heavy atom. The number of benzene rings is 1. The summed E-state index contributed by atoms with van der Waals surface area (Å²) in [7, 11) is 0. The number of aryl methyl sites for hydroxylation is 1. The highest BCUT2D eigenvalue weighted by molar-refractivity contribution is 5.76. The zero-order valence-electron chi connectivity index (χ0n) is 9.36. The molecule has 86 valence electrons. The van der Waals surface area contributed by atoms with Gasteiger partial charge in [-0.05, 0) is 25.5 Å². The molecular formula is C12H16N2O2. The Labute approximate surface area is 94.3 Å². The van der Waals surface area contributed by atoms with E-state index in [0.717, 1.165) is 35.4 Å². The van der Waals surface area contributed by atoms with Crippen LogP contribution in [0.5, 0.6) is 5.75 Å². The molecule has 0 unspecified atom stereocenters. The molecule has 2 N–H and O–H groups in total. The Bertz CT molecular complexity index is 465. The summed E-state index contributed by atoms with van der Waals surface area (Å²) in [4.78, 5) is 7.66. The molecule has 1 aromatic heterocycles. The number of nitrogens with zero attached hydrogens (tertiary/aromatic N) is 1. The van der Waals surface area contributed by atoms with Gasteiger partial charge >= 0.3 is 0 Å². The molecule has 0 spiro atoms. The molecule has 0 saturated carbocycles. The van der Waals surface area contributed by atoms with Gasteiger partial charge in [-0.15, -0.1) is 0 Å². The Morgan fingerprint density at radius 1 is 1.44 bits per heavy atom. The summed E-state index contributed by atoms with van der Waals surface area (Å²) < 4.78 is 5.42. The summed E-state index contributed by atoms with van der Waals surface area (Å²) >= 11 is 0. The summed E-state index contributed by atoms with van der Waals surface area (Å²) in [6.07, 6.45) is 1.51. The Balaban J connectivity index is 2.23. The molecule has 2 aromatic rings. The highest BCUT2D eigenvalue weighted by atomic mass is 16.5. The lowest BCUT2D eigenvalue weighted by atomic mass is 10.3. The first-order valence-corrected chi connectivity index (χ1v) is 5.55. The quantitative estimate of drug-likeness (QED) is 0.809. The number of hydrogen-bond donors (Lipinski definition) is 2. The molecular weight excluding hydrogens is 204 g/mol. The van der Waals surface area contributed by atoms with E-state index in [9.17, 15) is 0 Å². The lowest BCUT2D eigenvalue weighted by molar-refractivity contribution is 0.287. The number of aliphatic hydroxyl groups excluding tert-OH is 1. The molecule has 16 heavy (non-hydrogen) atoms. The van der Waals surface area contributed by atoms with Crippen molar-refractivity contribution in [2.45, 2.75) is 19.8 Å². The smallest absolute Gasteiger partial charge is 0.121 e. The molecule has 0 aliphatic carbocycles. The number of H-pyrrole nitrogens is 1. The molecule has 0 aliphatic heterocycles. The van der Waals surface area contributed by atoms with Crippen molar-refractivity contribution in [2.24, 2.45) is 0 Å². The van der Waals surface area contributed by atoms with Crippen LogP contribution in [0.1, 0.15) is 19.2 Å². The van der Waals surface area contributed by atoms with E-state index in [1.54, 1.807) is 0 Å². The van der Waals surface area contributed by atoms with E-state index in [4.69, 9.17) is 9.84 Å². The lowest BCUT2D eigenvalue weighted by Gasteiger charge is -2.00. The van der Waals surface area contributed by atoms with Crippen LogP contribution in [0.4, 0.5) is 0 Å². The van der Waals surface area contributed by atoms with Crippen molar-refractivity contribution in [3.8, 4) is 5.75 Å². The Hall–Kier alpha value is -1.55. The fourth-order valence-electron chi connectivity index (χ4n) is 1.66. The van der Waals surface area contributed by atoms with Crippen LogP contribution < -0.4 is 4.74 Å². The standard InChI is InChI=1S/C12H16N2O2/c1-2-16-9-5-6-10-11(8-9)14-12(13-10)4-3-7-15/h5-6,8,15H,2-4,7H2,1H3,(H,13,14). The second-order valence-corrected chi connectivity index (χ2v) is 3.62. The number of imidazole rings is 1. The van der Waals surface area contributed by atoms with E-state index in [1.807, 2.05) is 25.1 Å². The van der Waals surface area contributed by atoms with Crippen LogP contribution in [0, 0.1) is 0 Å². The van der Waals surface area contributed by atoms with E-state index < -0.39 is 0 Å². The third-order valence-electron chi connectivity index (χ3n) is 2.39. The molecule has 2 rings (SSSR count).